The summed E-state index contributed by atoms with van der Waals surface area (Å²) in [6, 6.07) is 13.6. The minimum Gasteiger partial charge on any atom is -0.494 e. The Hall–Kier alpha value is -2.75. The van der Waals surface area contributed by atoms with Crippen molar-refractivity contribution in [3.8, 4) is 5.75 Å². The van der Waals surface area contributed by atoms with Crippen LogP contribution in [-0.4, -0.2) is 63.5 Å². The van der Waals surface area contributed by atoms with Crippen molar-refractivity contribution >= 4 is 52.5 Å². The van der Waals surface area contributed by atoms with Gasteiger partial charge >= 0.3 is 0 Å². The Bertz CT molecular complexity index is 1240. The molecule has 3 N–H and O–H groups in total. The van der Waals surface area contributed by atoms with Crippen molar-refractivity contribution < 1.29 is 24.2 Å². The second-order valence-electron chi connectivity index (χ2n) is 10.6. The first-order valence-corrected chi connectivity index (χ1v) is 15.3. The molecular weight excluding hydrogens is 550 g/mol. The van der Waals surface area contributed by atoms with Crippen molar-refractivity contribution in [2.75, 3.05) is 30.4 Å². The number of amides is 3. The van der Waals surface area contributed by atoms with Crippen molar-refractivity contribution in [3.05, 3.63) is 53.6 Å². The smallest absolute Gasteiger partial charge is 0.248 e. The van der Waals surface area contributed by atoms with Gasteiger partial charge in [0.2, 0.25) is 17.7 Å². The Balaban J connectivity index is 1.39. The summed E-state index contributed by atoms with van der Waals surface area (Å²) in [5.41, 5.74) is 1.15. The number of halogens is 1. The summed E-state index contributed by atoms with van der Waals surface area (Å²) in [5.74, 6) is -0.936. The predicted octanol–water partition coefficient (Wildman–Crippen LogP) is 4.96. The molecule has 0 radical (unpaired) electrons. The van der Waals surface area contributed by atoms with Crippen LogP contribution in [0.3, 0.4) is 0 Å². The van der Waals surface area contributed by atoms with E-state index in [2.05, 4.69) is 10.6 Å². The summed E-state index contributed by atoms with van der Waals surface area (Å²) in [6.07, 6.45) is 4.61. The number of nitrogens with one attached hydrogen (secondary N) is 2. The van der Waals surface area contributed by atoms with Gasteiger partial charge in [0.15, 0.2) is 0 Å². The summed E-state index contributed by atoms with van der Waals surface area (Å²) >= 11 is 7.99. The van der Waals surface area contributed by atoms with Crippen molar-refractivity contribution in [2.24, 2.45) is 11.8 Å². The second-order valence-corrected chi connectivity index (χ2v) is 12.6. The normalized spacial score (nSPS) is 26.6. The van der Waals surface area contributed by atoms with Crippen LogP contribution in [0.4, 0.5) is 11.4 Å². The number of carbonyl (C=O) groups is 3. The molecule has 3 heterocycles. The number of thioether (sulfide) groups is 1. The molecule has 2 bridgehead atoms. The van der Waals surface area contributed by atoms with E-state index in [0.717, 1.165) is 31.4 Å². The van der Waals surface area contributed by atoms with Crippen LogP contribution in [0.2, 0.25) is 5.02 Å². The lowest BCUT2D eigenvalue weighted by Gasteiger charge is -2.34. The van der Waals surface area contributed by atoms with Gasteiger partial charge in [-0.05, 0) is 69.0 Å². The first-order chi connectivity index (χ1) is 19.4. The molecule has 2 unspecified atom stereocenters. The zero-order chi connectivity index (χ0) is 28.3. The number of aliphatic hydroxyl groups excluding tert-OH is 1. The van der Waals surface area contributed by atoms with Crippen molar-refractivity contribution in [1.29, 1.82) is 0 Å². The molecule has 0 saturated carbocycles. The predicted molar refractivity (Wildman–Crippen MR) is 158 cm³/mol. The Morgan fingerprint density at radius 2 is 1.82 bits per heavy atom. The van der Waals surface area contributed by atoms with E-state index in [1.165, 1.54) is 0 Å². The van der Waals surface area contributed by atoms with Crippen molar-refractivity contribution in [1.82, 2.24) is 4.90 Å². The topological polar surface area (TPSA) is 108 Å². The third-order valence-electron chi connectivity index (χ3n) is 8.22. The fourth-order valence-electron chi connectivity index (χ4n) is 6.53. The molecule has 2 aromatic carbocycles. The number of unbranched alkanes of at least 4 members (excludes halogenated alkanes) is 3. The lowest BCUT2D eigenvalue weighted by atomic mass is 9.70. The average molecular weight is 586 g/mol. The van der Waals surface area contributed by atoms with Gasteiger partial charge in [0.25, 0.3) is 0 Å². The number of para-hydroxylation sites is 1. The monoisotopic (exact) mass is 585 g/mol. The molecule has 3 saturated heterocycles. The zero-order valence-electron chi connectivity index (χ0n) is 22.6. The highest BCUT2D eigenvalue weighted by molar-refractivity contribution is 8.02. The van der Waals surface area contributed by atoms with Crippen LogP contribution < -0.4 is 15.4 Å². The molecule has 0 aromatic heterocycles. The number of rotatable bonds is 12. The minimum absolute atomic E-state index is 0.0287. The van der Waals surface area contributed by atoms with E-state index in [4.69, 9.17) is 21.4 Å². The number of benzene rings is 2. The number of anilines is 2. The summed E-state index contributed by atoms with van der Waals surface area (Å²) in [7, 11) is 0. The fourth-order valence-corrected chi connectivity index (χ4v) is 8.93. The van der Waals surface area contributed by atoms with Crippen LogP contribution in [0, 0.1) is 11.8 Å². The van der Waals surface area contributed by atoms with Crippen LogP contribution in [0.1, 0.15) is 45.4 Å². The molecule has 0 aliphatic carbocycles. The Labute approximate surface area is 244 Å². The molecular formula is C30H36ClN3O5S. The molecule has 2 aromatic rings. The molecule has 8 nitrogen and oxygen atoms in total. The molecule has 1 spiro atoms. The number of ether oxygens (including phenoxy) is 1. The number of aliphatic hydroxyl groups is 1. The number of hydrogen-bond donors (Lipinski definition) is 3. The van der Waals surface area contributed by atoms with Gasteiger partial charge in [0.05, 0.1) is 33.9 Å². The Kier molecular flexibility index (Phi) is 8.92. The van der Waals surface area contributed by atoms with Crippen LogP contribution >= 0.6 is 23.4 Å². The molecule has 3 aliphatic heterocycles. The van der Waals surface area contributed by atoms with E-state index in [9.17, 15) is 14.4 Å². The van der Waals surface area contributed by atoms with E-state index in [0.29, 0.717) is 42.4 Å². The van der Waals surface area contributed by atoms with Crippen LogP contribution in [0.15, 0.2) is 48.5 Å². The standard InChI is InChI=1S/C30H36ClN3O5S/c1-2-39-20-13-11-19(12-14-20)32-27(36)24-23-15-16-30(40-23)25(24)29(38)34(17-7-3-4-8-18-35)26(30)28(37)33-22-10-6-5-9-21(22)31/h5-6,9-14,23-26,35H,2-4,7-8,15-18H2,1H3,(H,32,36)(H,33,37)/t23-,24+,25-,26?,30?/m0/s1. The molecule has 3 aliphatic rings. The number of hydrogen-bond acceptors (Lipinski definition) is 6. The lowest BCUT2D eigenvalue weighted by Crippen LogP contribution is -2.51. The van der Waals surface area contributed by atoms with Crippen LogP contribution in [-0.2, 0) is 14.4 Å². The SMILES string of the molecule is CCOc1ccc(NC(=O)[C@@H]2[C@@H]3CCC4(S3)C(C(=O)Nc3ccccc3Cl)N(CCCCCCO)C(=O)[C@H]24)cc1. The molecule has 40 heavy (non-hydrogen) atoms. The maximum absolute atomic E-state index is 14.1. The fraction of sp³-hybridized carbons (Fsp3) is 0.500. The first kappa shape index (κ1) is 28.8. The maximum atomic E-state index is 14.1. The average Bonchev–Trinajstić information content (AvgIpc) is 3.58. The van der Waals surface area contributed by atoms with Gasteiger partial charge in [-0.15, -0.1) is 11.8 Å². The molecule has 5 rings (SSSR count). The quantitative estimate of drug-likeness (QED) is 0.304. The number of nitrogens with zero attached hydrogens (tertiary/aromatic N) is 1. The highest BCUT2D eigenvalue weighted by atomic mass is 35.5. The molecule has 5 atom stereocenters. The number of likely N-dealkylation sites (tertiary alicyclic amines) is 1. The van der Waals surface area contributed by atoms with Gasteiger partial charge in [-0.3, -0.25) is 14.4 Å². The maximum Gasteiger partial charge on any atom is 0.248 e. The van der Waals surface area contributed by atoms with E-state index in [-0.39, 0.29) is 29.6 Å². The third kappa shape index (κ3) is 5.43. The Morgan fingerprint density at radius 3 is 2.55 bits per heavy atom. The largest absolute Gasteiger partial charge is 0.494 e. The summed E-state index contributed by atoms with van der Waals surface area (Å²) < 4.78 is 4.83. The van der Waals surface area contributed by atoms with Gasteiger partial charge in [0.1, 0.15) is 11.8 Å². The highest BCUT2D eigenvalue weighted by Crippen LogP contribution is 2.66. The van der Waals surface area contributed by atoms with Crippen LogP contribution in [0.25, 0.3) is 0 Å². The van der Waals surface area contributed by atoms with E-state index < -0.39 is 22.6 Å². The van der Waals surface area contributed by atoms with Crippen molar-refractivity contribution in [2.45, 2.75) is 61.5 Å². The summed E-state index contributed by atoms with van der Waals surface area (Å²) in [4.78, 5) is 43.4. The number of carbonyl (C=O) groups excluding carboxylic acids is 3. The van der Waals surface area contributed by atoms with E-state index >= 15 is 0 Å². The molecule has 10 heteroatoms. The van der Waals surface area contributed by atoms with Crippen LogP contribution in [0.5, 0.6) is 5.75 Å². The van der Waals surface area contributed by atoms with Crippen molar-refractivity contribution in [3.63, 3.8) is 0 Å². The highest BCUT2D eigenvalue weighted by Gasteiger charge is 2.73. The van der Waals surface area contributed by atoms with E-state index in [1.807, 2.05) is 19.1 Å². The third-order valence-corrected chi connectivity index (χ3v) is 10.5. The summed E-state index contributed by atoms with van der Waals surface area (Å²) in [6.45, 7) is 3.04. The van der Waals surface area contributed by atoms with Gasteiger partial charge in [0, 0.05) is 24.1 Å². The van der Waals surface area contributed by atoms with Gasteiger partial charge in [-0.1, -0.05) is 36.6 Å². The van der Waals surface area contributed by atoms with E-state index in [1.54, 1.807) is 53.1 Å². The first-order valence-electron chi connectivity index (χ1n) is 14.1. The molecule has 3 amide bonds. The zero-order valence-corrected chi connectivity index (χ0v) is 24.2. The molecule has 3 fully saturated rings. The molecule has 214 valence electrons. The number of fused-ring (bicyclic) bond motifs is 1. The summed E-state index contributed by atoms with van der Waals surface area (Å²) in [5, 5.41) is 15.5. The van der Waals surface area contributed by atoms with Gasteiger partial charge in [-0.25, -0.2) is 0 Å². The Morgan fingerprint density at radius 1 is 1.07 bits per heavy atom. The minimum atomic E-state index is -0.697. The van der Waals surface area contributed by atoms with Gasteiger partial charge in [-0.2, -0.15) is 0 Å². The van der Waals surface area contributed by atoms with Gasteiger partial charge < -0.3 is 25.4 Å². The second kappa shape index (κ2) is 12.4. The lowest BCUT2D eigenvalue weighted by molar-refractivity contribution is -0.138.